The quantitative estimate of drug-likeness (QED) is 0.580. The predicted molar refractivity (Wildman–Crippen MR) is 45.7 cm³/mol. The van der Waals surface area contributed by atoms with Gasteiger partial charge in [-0.1, -0.05) is 11.7 Å². The number of halogens is 2. The summed E-state index contributed by atoms with van der Waals surface area (Å²) in [7, 11) is 0. The average molecular weight is 268 g/mol. The first-order valence-electron chi connectivity index (χ1n) is 2.27. The van der Waals surface area contributed by atoms with E-state index in [-0.39, 0.29) is 0 Å². The van der Waals surface area contributed by atoms with Crippen LogP contribution >= 0.6 is 31.9 Å². The summed E-state index contributed by atoms with van der Waals surface area (Å²) in [6.07, 6.45) is 0. The van der Waals surface area contributed by atoms with Crippen molar-refractivity contribution in [2.45, 2.75) is 0 Å². The van der Waals surface area contributed by atoms with Gasteiger partial charge in [0.05, 0.1) is 0 Å². The van der Waals surface area contributed by atoms with Gasteiger partial charge >= 0.3 is 0 Å². The molecule has 3 nitrogen and oxygen atoms in total. The molecular formula is C5H4Br2N2O. The number of nitroso groups, excluding NO2 is 1. The summed E-state index contributed by atoms with van der Waals surface area (Å²) >= 11 is 6.44. The SMILES string of the molecule is Brc1cccc(Br)n1.N=O. The minimum atomic E-state index is 0.854. The fraction of sp³-hybridized carbons (Fsp3) is 0. The molecule has 0 atom stereocenters. The van der Waals surface area contributed by atoms with Crippen LogP contribution in [-0.2, 0) is 0 Å². The molecule has 0 bridgehead atoms. The summed E-state index contributed by atoms with van der Waals surface area (Å²) in [6, 6.07) is 5.68. The van der Waals surface area contributed by atoms with Crippen LogP contribution in [0.2, 0.25) is 0 Å². The van der Waals surface area contributed by atoms with Gasteiger partial charge in [0.15, 0.2) is 0 Å². The van der Waals surface area contributed by atoms with Crippen LogP contribution < -0.4 is 0 Å². The fourth-order valence-corrected chi connectivity index (χ4v) is 1.31. The maximum Gasteiger partial charge on any atom is 0.107 e. The molecular weight excluding hydrogens is 264 g/mol. The zero-order chi connectivity index (χ0) is 7.98. The Morgan fingerprint density at radius 3 is 1.80 bits per heavy atom. The molecule has 0 fully saturated rings. The number of nitrogens with zero attached hydrogens (tertiary/aromatic N) is 1. The Labute approximate surface area is 74.9 Å². The van der Waals surface area contributed by atoms with E-state index in [1.54, 1.807) is 0 Å². The third kappa shape index (κ3) is 3.68. The molecule has 0 amide bonds. The van der Waals surface area contributed by atoms with Gasteiger partial charge in [0.1, 0.15) is 9.21 Å². The van der Waals surface area contributed by atoms with Crippen molar-refractivity contribution < 1.29 is 0 Å². The van der Waals surface area contributed by atoms with E-state index in [4.69, 9.17) is 4.91 Å². The van der Waals surface area contributed by atoms with Gasteiger partial charge in [-0.3, -0.25) is 0 Å². The third-order valence-corrected chi connectivity index (χ3v) is 1.56. The number of hydrogen-bond acceptors (Lipinski definition) is 3. The first-order chi connectivity index (χ1) is 4.79. The molecule has 0 aromatic carbocycles. The molecule has 0 radical (unpaired) electrons. The topological polar surface area (TPSA) is 53.8 Å². The Kier molecular flexibility index (Phi) is 5.33. The summed E-state index contributed by atoms with van der Waals surface area (Å²) in [5.41, 5.74) is 4.50. The van der Waals surface area contributed by atoms with E-state index in [0.717, 1.165) is 9.21 Å². The summed E-state index contributed by atoms with van der Waals surface area (Å²) in [4.78, 5) is 11.5. The van der Waals surface area contributed by atoms with Crippen LogP contribution in [0.25, 0.3) is 0 Å². The monoisotopic (exact) mass is 266 g/mol. The minimum Gasteiger partial charge on any atom is -0.234 e. The van der Waals surface area contributed by atoms with Crippen molar-refractivity contribution in [3.05, 3.63) is 32.3 Å². The molecule has 0 spiro atoms. The van der Waals surface area contributed by atoms with Gasteiger partial charge in [-0.15, -0.1) is 0 Å². The Bertz CT molecular complexity index is 189. The molecule has 0 aliphatic heterocycles. The Balaban J connectivity index is 0.000000371. The highest BCUT2D eigenvalue weighted by molar-refractivity contribution is 9.11. The summed E-state index contributed by atoms with van der Waals surface area (Å²) in [5, 5.41) is 0. The average Bonchev–Trinajstić information content (AvgIpc) is 1.91. The second kappa shape index (κ2) is 5.49. The molecule has 10 heavy (non-hydrogen) atoms. The van der Waals surface area contributed by atoms with Crippen molar-refractivity contribution >= 4 is 31.9 Å². The predicted octanol–water partition coefficient (Wildman–Crippen LogP) is 2.94. The maximum absolute atomic E-state index is 7.50. The van der Waals surface area contributed by atoms with Crippen molar-refractivity contribution in [3.63, 3.8) is 0 Å². The van der Waals surface area contributed by atoms with E-state index >= 15 is 0 Å². The van der Waals surface area contributed by atoms with Gasteiger partial charge < -0.3 is 0 Å². The van der Waals surface area contributed by atoms with Crippen molar-refractivity contribution in [1.29, 1.82) is 5.59 Å². The molecule has 0 aliphatic carbocycles. The molecule has 54 valence electrons. The Hall–Kier alpha value is -0.290. The molecule has 1 N–H and O–H groups in total. The normalized spacial score (nSPS) is 7.80. The number of aromatic nitrogens is 1. The van der Waals surface area contributed by atoms with Gasteiger partial charge in [-0.05, 0) is 44.0 Å². The molecule has 0 saturated carbocycles. The largest absolute Gasteiger partial charge is 0.234 e. The van der Waals surface area contributed by atoms with Crippen LogP contribution in [0.15, 0.2) is 27.4 Å². The molecule has 0 unspecified atom stereocenters. The van der Waals surface area contributed by atoms with Gasteiger partial charge in [0.2, 0.25) is 0 Å². The van der Waals surface area contributed by atoms with Crippen LogP contribution in [-0.4, -0.2) is 4.98 Å². The molecule has 1 aromatic heterocycles. The van der Waals surface area contributed by atoms with Crippen LogP contribution in [0, 0.1) is 10.5 Å². The number of nitrogens with one attached hydrogen (secondary N) is 1. The Morgan fingerprint density at radius 1 is 1.20 bits per heavy atom. The van der Waals surface area contributed by atoms with E-state index < -0.39 is 0 Å². The van der Waals surface area contributed by atoms with Crippen molar-refractivity contribution in [1.82, 2.24) is 4.98 Å². The lowest BCUT2D eigenvalue weighted by Gasteiger charge is -1.86. The lowest BCUT2D eigenvalue weighted by Crippen LogP contribution is -1.72. The van der Waals surface area contributed by atoms with Crippen LogP contribution in [0.5, 0.6) is 0 Å². The van der Waals surface area contributed by atoms with Gasteiger partial charge in [0.25, 0.3) is 0 Å². The van der Waals surface area contributed by atoms with E-state index in [1.165, 1.54) is 0 Å². The van der Waals surface area contributed by atoms with Gasteiger partial charge in [0, 0.05) is 0 Å². The minimum absolute atomic E-state index is 0.854. The molecule has 1 aromatic rings. The number of hydrogen-bond donors (Lipinski definition) is 1. The van der Waals surface area contributed by atoms with E-state index in [9.17, 15) is 0 Å². The van der Waals surface area contributed by atoms with Crippen molar-refractivity contribution in [2.24, 2.45) is 0 Å². The van der Waals surface area contributed by atoms with Crippen LogP contribution in [0.3, 0.4) is 0 Å². The highest BCUT2D eigenvalue weighted by Crippen LogP contribution is 2.10. The molecule has 0 aliphatic rings. The van der Waals surface area contributed by atoms with E-state index in [0.29, 0.717) is 0 Å². The highest BCUT2D eigenvalue weighted by Gasteiger charge is 1.85. The lowest BCUT2D eigenvalue weighted by molar-refractivity contribution is 1.23. The smallest absolute Gasteiger partial charge is 0.107 e. The fourth-order valence-electron chi connectivity index (χ4n) is 0.383. The lowest BCUT2D eigenvalue weighted by atomic mass is 10.5. The zero-order valence-corrected chi connectivity index (χ0v) is 8.02. The van der Waals surface area contributed by atoms with Crippen LogP contribution in [0.4, 0.5) is 0 Å². The molecule has 1 rings (SSSR count). The summed E-state index contributed by atoms with van der Waals surface area (Å²) < 4.78 is 1.71. The van der Waals surface area contributed by atoms with Gasteiger partial charge in [-0.2, -0.15) is 4.91 Å². The summed E-state index contributed by atoms with van der Waals surface area (Å²) in [5.74, 6) is 0. The summed E-state index contributed by atoms with van der Waals surface area (Å²) in [6.45, 7) is 0. The second-order valence-corrected chi connectivity index (χ2v) is 2.91. The van der Waals surface area contributed by atoms with Crippen LogP contribution in [0.1, 0.15) is 0 Å². The van der Waals surface area contributed by atoms with E-state index in [1.807, 2.05) is 18.2 Å². The Morgan fingerprint density at radius 2 is 1.60 bits per heavy atom. The third-order valence-electron chi connectivity index (χ3n) is 0.681. The molecule has 1 heterocycles. The maximum atomic E-state index is 7.50. The van der Waals surface area contributed by atoms with Crippen molar-refractivity contribution in [2.75, 3.05) is 0 Å². The molecule has 0 saturated heterocycles. The first-order valence-corrected chi connectivity index (χ1v) is 3.86. The molecule has 5 heteroatoms. The zero-order valence-electron chi connectivity index (χ0n) is 4.84. The standard InChI is InChI=1S/C5H3Br2N.HNO/c6-4-2-1-3-5(7)8-4;1-2/h1-3H;1H. The number of pyridine rings is 1. The van der Waals surface area contributed by atoms with Gasteiger partial charge in [-0.25, -0.2) is 4.98 Å². The highest BCUT2D eigenvalue weighted by atomic mass is 79.9. The first kappa shape index (κ1) is 9.71. The van der Waals surface area contributed by atoms with Crippen molar-refractivity contribution in [3.8, 4) is 0 Å². The second-order valence-electron chi connectivity index (χ2n) is 1.28. The van der Waals surface area contributed by atoms with E-state index in [2.05, 4.69) is 42.4 Å². The number of rotatable bonds is 0.